The number of esters is 1. The number of hydrogen-bond acceptors (Lipinski definition) is 7. The third-order valence-corrected chi connectivity index (χ3v) is 3.80. The molecule has 0 spiro atoms. The lowest BCUT2D eigenvalue weighted by molar-refractivity contribution is -0.140. The van der Waals surface area contributed by atoms with Gasteiger partial charge in [-0.05, 0) is 30.2 Å². The smallest absolute Gasteiger partial charge is 0.354 e. The molecule has 0 aliphatic rings. The molecule has 2 aromatic heterocycles. The maximum Gasteiger partial charge on any atom is 0.354 e. The second kappa shape index (κ2) is 9.93. The number of nitrogens with zero attached hydrogens (tertiary/aromatic N) is 3. The monoisotopic (exact) mass is 392 g/mol. The van der Waals surface area contributed by atoms with E-state index >= 15 is 0 Å². The molecule has 0 aliphatic heterocycles. The highest BCUT2D eigenvalue weighted by Crippen LogP contribution is 2.14. The molecule has 1 amide bonds. The summed E-state index contributed by atoms with van der Waals surface area (Å²) in [5, 5.41) is 6.43. The molecule has 3 aromatic rings. The quantitative estimate of drug-likeness (QED) is 0.357. The molecule has 3 rings (SSSR count). The molecule has 0 saturated carbocycles. The molecule has 0 aliphatic carbocycles. The highest BCUT2D eigenvalue weighted by molar-refractivity contribution is 5.97. The van der Waals surface area contributed by atoms with E-state index < -0.39 is 5.97 Å². The van der Waals surface area contributed by atoms with Crippen LogP contribution in [0.3, 0.4) is 0 Å². The highest BCUT2D eigenvalue weighted by Gasteiger charge is 2.14. The van der Waals surface area contributed by atoms with Crippen LogP contribution < -0.4 is 5.32 Å². The third-order valence-electron chi connectivity index (χ3n) is 3.80. The zero-order valence-electron chi connectivity index (χ0n) is 15.9. The summed E-state index contributed by atoms with van der Waals surface area (Å²) in [5.41, 5.74) is 1.63. The Kier molecular flexibility index (Phi) is 6.83. The number of pyridine rings is 1. The molecule has 0 radical (unpaired) electrons. The average Bonchev–Trinajstić information content (AvgIpc) is 3.21. The molecule has 0 bridgehead atoms. The number of benzene rings is 1. The molecule has 0 atom stereocenters. The van der Waals surface area contributed by atoms with Crippen LogP contribution in [-0.4, -0.2) is 33.6 Å². The van der Waals surface area contributed by atoms with Gasteiger partial charge in [0.1, 0.15) is 5.70 Å². The van der Waals surface area contributed by atoms with Crippen molar-refractivity contribution >= 4 is 18.0 Å². The SMILES string of the molecule is CC(=O)N/C(=C/c1ccccc1)C(=O)OCCCc1nc(-c2cccnc2)no1. The van der Waals surface area contributed by atoms with Crippen molar-refractivity contribution in [3.8, 4) is 11.4 Å². The van der Waals surface area contributed by atoms with Crippen LogP contribution in [0.4, 0.5) is 0 Å². The zero-order chi connectivity index (χ0) is 20.5. The molecular weight excluding hydrogens is 372 g/mol. The molecule has 1 aromatic carbocycles. The summed E-state index contributed by atoms with van der Waals surface area (Å²) < 4.78 is 10.5. The fourth-order valence-electron chi connectivity index (χ4n) is 2.49. The van der Waals surface area contributed by atoms with Gasteiger partial charge in [-0.2, -0.15) is 4.98 Å². The van der Waals surface area contributed by atoms with Crippen LogP contribution in [0, 0.1) is 0 Å². The number of aromatic nitrogens is 3. The standard InChI is InChI=1S/C21H20N4O4/c1-15(26)23-18(13-16-7-3-2-4-8-16)21(27)28-12-6-10-19-24-20(25-29-19)17-9-5-11-22-14-17/h2-5,7-9,11,13-14H,6,10,12H2,1H3,(H,23,26)/b18-13+. The summed E-state index contributed by atoms with van der Waals surface area (Å²) >= 11 is 0. The maximum atomic E-state index is 12.3. The normalized spacial score (nSPS) is 11.1. The predicted molar refractivity (Wildman–Crippen MR) is 105 cm³/mol. The molecule has 0 unspecified atom stereocenters. The first kappa shape index (κ1) is 19.9. The van der Waals surface area contributed by atoms with Crippen molar-refractivity contribution in [1.82, 2.24) is 20.4 Å². The lowest BCUT2D eigenvalue weighted by atomic mass is 10.2. The number of carbonyl (C=O) groups is 2. The lowest BCUT2D eigenvalue weighted by Gasteiger charge is -2.08. The average molecular weight is 392 g/mol. The lowest BCUT2D eigenvalue weighted by Crippen LogP contribution is -2.26. The van der Waals surface area contributed by atoms with E-state index in [4.69, 9.17) is 9.26 Å². The van der Waals surface area contributed by atoms with Gasteiger partial charge in [-0.3, -0.25) is 9.78 Å². The second-order valence-corrected chi connectivity index (χ2v) is 6.14. The summed E-state index contributed by atoms with van der Waals surface area (Å²) in [7, 11) is 0. The minimum atomic E-state index is -0.606. The van der Waals surface area contributed by atoms with E-state index in [1.54, 1.807) is 24.5 Å². The van der Waals surface area contributed by atoms with Gasteiger partial charge in [0, 0.05) is 31.3 Å². The number of hydrogen-bond donors (Lipinski definition) is 1. The summed E-state index contributed by atoms with van der Waals surface area (Å²) in [6, 6.07) is 12.8. The van der Waals surface area contributed by atoms with Crippen LogP contribution in [-0.2, 0) is 20.7 Å². The van der Waals surface area contributed by atoms with Crippen LogP contribution in [0.15, 0.2) is 65.1 Å². The number of rotatable bonds is 8. The zero-order valence-corrected chi connectivity index (χ0v) is 15.9. The van der Waals surface area contributed by atoms with E-state index in [1.165, 1.54) is 6.92 Å². The molecule has 8 nitrogen and oxygen atoms in total. The van der Waals surface area contributed by atoms with Crippen molar-refractivity contribution in [3.05, 3.63) is 72.0 Å². The molecule has 1 N–H and O–H groups in total. The maximum absolute atomic E-state index is 12.3. The van der Waals surface area contributed by atoms with Crippen molar-refractivity contribution in [2.45, 2.75) is 19.8 Å². The van der Waals surface area contributed by atoms with Gasteiger partial charge < -0.3 is 14.6 Å². The van der Waals surface area contributed by atoms with Gasteiger partial charge >= 0.3 is 5.97 Å². The topological polar surface area (TPSA) is 107 Å². The summed E-state index contributed by atoms with van der Waals surface area (Å²) in [6.07, 6.45) is 5.85. The highest BCUT2D eigenvalue weighted by atomic mass is 16.5. The van der Waals surface area contributed by atoms with Gasteiger partial charge in [0.2, 0.25) is 17.6 Å². The van der Waals surface area contributed by atoms with Crippen LogP contribution in [0.1, 0.15) is 24.8 Å². The fraction of sp³-hybridized carbons (Fsp3) is 0.190. The molecular formula is C21H20N4O4. The molecule has 0 fully saturated rings. The van der Waals surface area contributed by atoms with Crippen molar-refractivity contribution in [3.63, 3.8) is 0 Å². The first-order chi connectivity index (χ1) is 14.1. The third kappa shape index (κ3) is 6.10. The number of amides is 1. The Morgan fingerprint density at radius 2 is 2.00 bits per heavy atom. The minimum absolute atomic E-state index is 0.0837. The van der Waals surface area contributed by atoms with Crippen molar-refractivity contribution in [2.75, 3.05) is 6.61 Å². The first-order valence-electron chi connectivity index (χ1n) is 9.06. The van der Waals surface area contributed by atoms with E-state index in [0.717, 1.165) is 11.1 Å². The number of carbonyl (C=O) groups excluding carboxylic acids is 2. The Morgan fingerprint density at radius 3 is 2.72 bits per heavy atom. The number of nitrogens with one attached hydrogen (secondary N) is 1. The van der Waals surface area contributed by atoms with Crippen molar-refractivity contribution in [1.29, 1.82) is 0 Å². The summed E-state index contributed by atoms with van der Waals surface area (Å²) in [6.45, 7) is 1.48. The van der Waals surface area contributed by atoms with Gasteiger partial charge in [-0.25, -0.2) is 4.79 Å². The Hall–Kier alpha value is -3.81. The van der Waals surface area contributed by atoms with Gasteiger partial charge in [0.05, 0.1) is 6.61 Å². The molecule has 8 heteroatoms. The van der Waals surface area contributed by atoms with Crippen LogP contribution in [0.2, 0.25) is 0 Å². The molecule has 29 heavy (non-hydrogen) atoms. The van der Waals surface area contributed by atoms with Gasteiger partial charge in [-0.1, -0.05) is 35.5 Å². The summed E-state index contributed by atoms with van der Waals surface area (Å²) in [4.78, 5) is 32.0. The predicted octanol–water partition coefficient (Wildman–Crippen LogP) is 2.78. The fourth-order valence-corrected chi connectivity index (χ4v) is 2.49. The van der Waals surface area contributed by atoms with Crippen LogP contribution in [0.25, 0.3) is 17.5 Å². The Morgan fingerprint density at radius 1 is 1.17 bits per heavy atom. The van der Waals surface area contributed by atoms with Crippen LogP contribution in [0.5, 0.6) is 0 Å². The number of ether oxygens (including phenoxy) is 1. The van der Waals surface area contributed by atoms with Crippen LogP contribution >= 0.6 is 0 Å². The van der Waals surface area contributed by atoms with Gasteiger partial charge in [0.15, 0.2) is 0 Å². The van der Waals surface area contributed by atoms with Gasteiger partial charge in [-0.15, -0.1) is 0 Å². The first-order valence-corrected chi connectivity index (χ1v) is 9.06. The van der Waals surface area contributed by atoms with Crippen molar-refractivity contribution in [2.24, 2.45) is 0 Å². The second-order valence-electron chi connectivity index (χ2n) is 6.14. The molecule has 148 valence electrons. The largest absolute Gasteiger partial charge is 0.461 e. The van der Waals surface area contributed by atoms with E-state index in [0.29, 0.717) is 24.6 Å². The van der Waals surface area contributed by atoms with E-state index in [1.807, 2.05) is 36.4 Å². The summed E-state index contributed by atoms with van der Waals surface area (Å²) in [5.74, 6) is -0.0470. The Labute approximate surface area is 167 Å². The van der Waals surface area contributed by atoms with Gasteiger partial charge in [0.25, 0.3) is 0 Å². The minimum Gasteiger partial charge on any atom is -0.461 e. The Balaban J connectivity index is 1.52. The van der Waals surface area contributed by atoms with Crippen molar-refractivity contribution < 1.29 is 18.8 Å². The van der Waals surface area contributed by atoms with E-state index in [-0.39, 0.29) is 18.2 Å². The van der Waals surface area contributed by atoms with E-state index in [2.05, 4.69) is 20.4 Å². The molecule has 0 saturated heterocycles. The number of aryl methyl sites for hydroxylation is 1. The Bertz CT molecular complexity index is 984. The molecule has 2 heterocycles. The van der Waals surface area contributed by atoms with E-state index in [9.17, 15) is 9.59 Å².